The van der Waals surface area contributed by atoms with Crippen LogP contribution in [0.15, 0.2) is 0 Å². The first kappa shape index (κ1) is 12.5. The van der Waals surface area contributed by atoms with E-state index >= 15 is 0 Å². The smallest absolute Gasteiger partial charge is 0.305 e. The molecular weight excluding hydrogens is 190 g/mol. The minimum atomic E-state index is -0.0728. The molecular formula is C12H24NO2+. The largest absolute Gasteiger partial charge is 0.469 e. The highest BCUT2D eigenvalue weighted by molar-refractivity contribution is 5.68. The number of methoxy groups -OCH3 is 1. The van der Waals surface area contributed by atoms with Gasteiger partial charge in [0.1, 0.15) is 0 Å². The number of ether oxygens (including phenoxy) is 1. The van der Waals surface area contributed by atoms with E-state index in [1.165, 1.54) is 45.9 Å². The summed E-state index contributed by atoms with van der Waals surface area (Å²) in [6.07, 6.45) is 6.98. The van der Waals surface area contributed by atoms with E-state index in [0.29, 0.717) is 6.42 Å². The maximum absolute atomic E-state index is 11.0. The number of hydrogen-bond acceptors (Lipinski definition) is 2. The van der Waals surface area contributed by atoms with Crippen LogP contribution in [0.4, 0.5) is 0 Å². The van der Waals surface area contributed by atoms with E-state index in [1.807, 2.05) is 0 Å². The van der Waals surface area contributed by atoms with E-state index in [1.54, 1.807) is 0 Å². The monoisotopic (exact) mass is 214 g/mol. The second-order valence-electron chi connectivity index (χ2n) is 4.88. The Kier molecular flexibility index (Phi) is 5.09. The van der Waals surface area contributed by atoms with Gasteiger partial charge in [0.25, 0.3) is 0 Å². The van der Waals surface area contributed by atoms with Crippen LogP contribution in [0.3, 0.4) is 0 Å². The molecule has 0 aromatic carbocycles. The Balaban J connectivity index is 2.25. The molecule has 1 fully saturated rings. The molecule has 3 nitrogen and oxygen atoms in total. The van der Waals surface area contributed by atoms with Crippen LogP contribution in [-0.2, 0) is 9.53 Å². The molecule has 0 unspecified atom stereocenters. The third-order valence-electron chi connectivity index (χ3n) is 3.45. The van der Waals surface area contributed by atoms with Gasteiger partial charge in [0, 0.05) is 6.42 Å². The lowest BCUT2D eigenvalue weighted by Gasteiger charge is -2.33. The second kappa shape index (κ2) is 6.11. The molecule has 3 heteroatoms. The summed E-state index contributed by atoms with van der Waals surface area (Å²) in [6.45, 7) is 3.68. The van der Waals surface area contributed by atoms with Crippen LogP contribution < -0.4 is 0 Å². The minimum absolute atomic E-state index is 0.0728. The first-order valence-electron chi connectivity index (χ1n) is 6.07. The van der Waals surface area contributed by atoms with Crippen molar-refractivity contribution in [2.75, 3.05) is 33.8 Å². The van der Waals surface area contributed by atoms with Gasteiger partial charge in [-0.2, -0.15) is 0 Å². The molecule has 0 aromatic rings. The minimum Gasteiger partial charge on any atom is -0.469 e. The number of likely N-dealkylation sites (tertiary alicyclic amines) is 1. The summed E-state index contributed by atoms with van der Waals surface area (Å²) in [6, 6.07) is 0. The molecule has 15 heavy (non-hydrogen) atoms. The zero-order chi connectivity index (χ0) is 11.1. The predicted molar refractivity (Wildman–Crippen MR) is 60.5 cm³/mol. The first-order chi connectivity index (χ1) is 7.16. The van der Waals surface area contributed by atoms with Crippen molar-refractivity contribution in [1.82, 2.24) is 0 Å². The average Bonchev–Trinajstić information content (AvgIpc) is 2.43. The number of carbonyl (C=O) groups is 1. The van der Waals surface area contributed by atoms with Gasteiger partial charge in [-0.3, -0.25) is 4.79 Å². The van der Waals surface area contributed by atoms with E-state index in [2.05, 4.69) is 11.8 Å². The highest BCUT2D eigenvalue weighted by Crippen LogP contribution is 2.16. The van der Waals surface area contributed by atoms with E-state index < -0.39 is 0 Å². The summed E-state index contributed by atoms with van der Waals surface area (Å²) < 4.78 is 5.80. The van der Waals surface area contributed by atoms with Gasteiger partial charge >= 0.3 is 5.97 Å². The van der Waals surface area contributed by atoms with Crippen LogP contribution in [0, 0.1) is 0 Å². The van der Waals surface area contributed by atoms with Crippen LogP contribution >= 0.6 is 0 Å². The van der Waals surface area contributed by atoms with Crippen molar-refractivity contribution < 1.29 is 14.0 Å². The molecule has 1 aliphatic heterocycles. The molecule has 88 valence electrons. The summed E-state index contributed by atoms with van der Waals surface area (Å²) in [5, 5.41) is 0. The fourth-order valence-electron chi connectivity index (χ4n) is 2.38. The molecule has 0 N–H and O–H groups in total. The van der Waals surface area contributed by atoms with Gasteiger partial charge in [-0.15, -0.1) is 0 Å². The first-order valence-corrected chi connectivity index (χ1v) is 6.07. The normalized spacial score (nSPS) is 20.7. The van der Waals surface area contributed by atoms with Gasteiger partial charge in [-0.05, 0) is 25.7 Å². The Morgan fingerprint density at radius 2 is 1.80 bits per heavy atom. The molecule has 0 atom stereocenters. The van der Waals surface area contributed by atoms with Gasteiger partial charge in [0.15, 0.2) is 0 Å². The molecule has 1 saturated heterocycles. The summed E-state index contributed by atoms with van der Waals surface area (Å²) in [5.74, 6) is -0.0728. The second-order valence-corrected chi connectivity index (χ2v) is 4.88. The quantitative estimate of drug-likeness (QED) is 0.528. The molecule has 0 aromatic heterocycles. The lowest BCUT2D eigenvalue weighted by molar-refractivity contribution is -0.909. The summed E-state index contributed by atoms with van der Waals surface area (Å²) in [5.41, 5.74) is 0. The molecule has 0 aliphatic carbocycles. The number of carbonyl (C=O) groups excluding carboxylic acids is 1. The molecule has 1 rings (SSSR count). The van der Waals surface area contributed by atoms with Crippen LogP contribution in [0.5, 0.6) is 0 Å². The van der Waals surface area contributed by atoms with Gasteiger partial charge in [-0.1, -0.05) is 0 Å². The van der Waals surface area contributed by atoms with Crippen molar-refractivity contribution >= 4 is 5.97 Å². The van der Waals surface area contributed by atoms with Gasteiger partial charge in [-0.25, -0.2) is 0 Å². The van der Waals surface area contributed by atoms with Crippen molar-refractivity contribution in [3.8, 4) is 0 Å². The van der Waals surface area contributed by atoms with Gasteiger partial charge in [0.2, 0.25) is 0 Å². The molecule has 0 amide bonds. The van der Waals surface area contributed by atoms with E-state index in [4.69, 9.17) is 0 Å². The Morgan fingerprint density at radius 3 is 2.33 bits per heavy atom. The van der Waals surface area contributed by atoms with Crippen molar-refractivity contribution in [2.45, 2.75) is 38.5 Å². The van der Waals surface area contributed by atoms with Crippen LogP contribution in [0.25, 0.3) is 0 Å². The average molecular weight is 214 g/mol. The van der Waals surface area contributed by atoms with Crippen LogP contribution in [0.2, 0.25) is 0 Å². The fraction of sp³-hybridized carbons (Fsp3) is 0.917. The van der Waals surface area contributed by atoms with Crippen molar-refractivity contribution in [1.29, 1.82) is 0 Å². The number of rotatable bonds is 4. The maximum atomic E-state index is 11.0. The molecule has 0 bridgehead atoms. The van der Waals surface area contributed by atoms with E-state index in [0.717, 1.165) is 17.4 Å². The highest BCUT2D eigenvalue weighted by Gasteiger charge is 2.22. The third kappa shape index (κ3) is 4.65. The van der Waals surface area contributed by atoms with Crippen LogP contribution in [0.1, 0.15) is 38.5 Å². The molecule has 0 radical (unpaired) electrons. The Labute approximate surface area is 93.0 Å². The van der Waals surface area contributed by atoms with Crippen molar-refractivity contribution in [3.63, 3.8) is 0 Å². The predicted octanol–water partition coefficient (Wildman–Crippen LogP) is 1.96. The maximum Gasteiger partial charge on any atom is 0.305 e. The SMILES string of the molecule is COC(=O)CCC[N+]1(C)CCCCCC1. The zero-order valence-electron chi connectivity index (χ0n) is 10.1. The lowest BCUT2D eigenvalue weighted by atomic mass is 10.2. The van der Waals surface area contributed by atoms with Crippen molar-refractivity contribution in [3.05, 3.63) is 0 Å². The molecule has 1 aliphatic rings. The summed E-state index contributed by atoms with van der Waals surface area (Å²) in [7, 11) is 3.78. The van der Waals surface area contributed by atoms with E-state index in [-0.39, 0.29) is 5.97 Å². The number of nitrogens with zero attached hydrogens (tertiary/aromatic N) is 1. The van der Waals surface area contributed by atoms with Gasteiger partial charge < -0.3 is 9.22 Å². The molecule has 1 heterocycles. The number of esters is 1. The Morgan fingerprint density at radius 1 is 1.20 bits per heavy atom. The topological polar surface area (TPSA) is 26.3 Å². The van der Waals surface area contributed by atoms with E-state index in [9.17, 15) is 4.79 Å². The third-order valence-corrected chi connectivity index (χ3v) is 3.45. The standard InChI is InChI=1S/C12H24NO2/c1-13(9-5-3-4-6-10-13)11-7-8-12(14)15-2/h3-11H2,1-2H3/q+1. The van der Waals surface area contributed by atoms with Crippen LogP contribution in [-0.4, -0.2) is 44.2 Å². The lowest BCUT2D eigenvalue weighted by Crippen LogP contribution is -2.45. The highest BCUT2D eigenvalue weighted by atomic mass is 16.5. The van der Waals surface area contributed by atoms with Crippen molar-refractivity contribution in [2.24, 2.45) is 0 Å². The fourth-order valence-corrected chi connectivity index (χ4v) is 2.38. The van der Waals surface area contributed by atoms with Gasteiger partial charge in [0.05, 0.1) is 40.2 Å². The molecule has 0 saturated carbocycles. The zero-order valence-corrected chi connectivity index (χ0v) is 10.1. The molecule has 0 spiro atoms. The summed E-state index contributed by atoms with van der Waals surface area (Å²) in [4.78, 5) is 11.0. The Bertz CT molecular complexity index is 196. The Hall–Kier alpha value is -0.570. The number of quaternary nitrogens is 1. The summed E-state index contributed by atoms with van der Waals surface area (Å²) >= 11 is 0. The number of hydrogen-bond donors (Lipinski definition) is 0.